The highest BCUT2D eigenvalue weighted by Crippen LogP contribution is 2.25. The number of piperidine rings is 1. The molecule has 4 nitrogen and oxygen atoms in total. The number of carbonyl (C=O) groups is 2. The van der Waals surface area contributed by atoms with Gasteiger partial charge in [0.2, 0.25) is 0 Å². The van der Waals surface area contributed by atoms with Crippen LogP contribution in [0, 0.1) is 5.92 Å². The summed E-state index contributed by atoms with van der Waals surface area (Å²) < 4.78 is 5.73. The Bertz CT molecular complexity index is 811. The summed E-state index contributed by atoms with van der Waals surface area (Å²) in [4.78, 5) is 27.6. The van der Waals surface area contributed by atoms with Crippen molar-refractivity contribution in [2.75, 3.05) is 13.1 Å². The summed E-state index contributed by atoms with van der Waals surface area (Å²) in [5.41, 5.74) is 1.89. The van der Waals surface area contributed by atoms with E-state index in [1.807, 2.05) is 44.2 Å². The molecule has 1 atom stereocenters. The largest absolute Gasteiger partial charge is 0.491 e. The minimum absolute atomic E-state index is 0.0129. The van der Waals surface area contributed by atoms with E-state index in [0.717, 1.165) is 54.2 Å². The SMILES string of the molecule is CC(=O)c1cc(CN2CCC[C@@H](C(=O)c3cccc(OC(C)C)c3)C2)cs1. The molecule has 0 saturated carbocycles. The molecule has 144 valence electrons. The number of rotatable bonds is 7. The van der Waals surface area contributed by atoms with Crippen molar-refractivity contribution in [3.8, 4) is 5.75 Å². The molecule has 1 saturated heterocycles. The van der Waals surface area contributed by atoms with Crippen LogP contribution in [-0.2, 0) is 6.54 Å². The van der Waals surface area contributed by atoms with Gasteiger partial charge in [0, 0.05) is 24.6 Å². The van der Waals surface area contributed by atoms with E-state index < -0.39 is 0 Å². The van der Waals surface area contributed by atoms with Gasteiger partial charge in [0.05, 0.1) is 11.0 Å². The Balaban J connectivity index is 1.64. The zero-order chi connectivity index (χ0) is 19.4. The number of ketones is 2. The molecule has 1 aliphatic rings. The van der Waals surface area contributed by atoms with Crippen molar-refractivity contribution >= 4 is 22.9 Å². The smallest absolute Gasteiger partial charge is 0.169 e. The highest BCUT2D eigenvalue weighted by Gasteiger charge is 2.27. The number of ether oxygens (including phenoxy) is 1. The third-order valence-corrected chi connectivity index (χ3v) is 5.85. The molecule has 0 amide bonds. The third kappa shape index (κ3) is 5.27. The van der Waals surface area contributed by atoms with Gasteiger partial charge in [-0.2, -0.15) is 0 Å². The van der Waals surface area contributed by atoms with Crippen molar-refractivity contribution in [2.45, 2.75) is 46.3 Å². The first-order chi connectivity index (χ1) is 12.9. The quantitative estimate of drug-likeness (QED) is 0.640. The van der Waals surface area contributed by atoms with E-state index in [1.165, 1.54) is 11.3 Å². The Morgan fingerprint density at radius 1 is 1.30 bits per heavy atom. The molecule has 2 heterocycles. The number of carbonyl (C=O) groups excluding carboxylic acids is 2. The lowest BCUT2D eigenvalue weighted by Gasteiger charge is -2.31. The van der Waals surface area contributed by atoms with Crippen LogP contribution in [0.15, 0.2) is 35.7 Å². The molecular formula is C22H27NO3S. The molecule has 3 rings (SSSR count). The van der Waals surface area contributed by atoms with Crippen molar-refractivity contribution in [1.82, 2.24) is 4.90 Å². The standard InChI is InChI=1S/C22H27NO3S/c1-15(2)26-20-8-4-6-18(11-20)22(25)19-7-5-9-23(13-19)12-17-10-21(16(3)24)27-14-17/h4,6,8,10-11,14-15,19H,5,7,9,12-13H2,1-3H3/t19-/m1/s1. The minimum Gasteiger partial charge on any atom is -0.491 e. The average molecular weight is 386 g/mol. The van der Waals surface area contributed by atoms with E-state index in [4.69, 9.17) is 4.74 Å². The summed E-state index contributed by atoms with van der Waals surface area (Å²) in [6.45, 7) is 8.11. The summed E-state index contributed by atoms with van der Waals surface area (Å²) in [6.07, 6.45) is 2.03. The first-order valence-electron chi connectivity index (χ1n) is 9.54. The van der Waals surface area contributed by atoms with Gasteiger partial charge in [-0.25, -0.2) is 0 Å². The molecule has 2 aromatic rings. The van der Waals surface area contributed by atoms with E-state index in [2.05, 4.69) is 10.3 Å². The lowest BCUT2D eigenvalue weighted by molar-refractivity contribution is 0.0811. The Kier molecular flexibility index (Phi) is 6.45. The Labute approximate surface area is 165 Å². The van der Waals surface area contributed by atoms with E-state index >= 15 is 0 Å². The van der Waals surface area contributed by atoms with Crippen LogP contribution in [0.25, 0.3) is 0 Å². The molecule has 1 aliphatic heterocycles. The maximum absolute atomic E-state index is 13.0. The van der Waals surface area contributed by atoms with Crippen LogP contribution < -0.4 is 4.74 Å². The van der Waals surface area contributed by atoms with Gasteiger partial charge in [-0.05, 0) is 69.3 Å². The van der Waals surface area contributed by atoms with Gasteiger partial charge in [0.15, 0.2) is 11.6 Å². The maximum Gasteiger partial charge on any atom is 0.169 e. The van der Waals surface area contributed by atoms with Gasteiger partial charge in [0.1, 0.15) is 5.75 Å². The zero-order valence-corrected chi connectivity index (χ0v) is 17.1. The van der Waals surface area contributed by atoms with Crippen LogP contribution in [0.2, 0.25) is 0 Å². The van der Waals surface area contributed by atoms with E-state index in [9.17, 15) is 9.59 Å². The highest BCUT2D eigenvalue weighted by molar-refractivity contribution is 7.12. The first-order valence-corrected chi connectivity index (χ1v) is 10.4. The molecule has 0 unspecified atom stereocenters. The number of Topliss-reactive ketones (excluding diaryl/α,β-unsaturated/α-hetero) is 2. The lowest BCUT2D eigenvalue weighted by Crippen LogP contribution is -2.38. The number of nitrogens with zero attached hydrogens (tertiary/aromatic N) is 1. The third-order valence-electron chi connectivity index (χ3n) is 4.77. The van der Waals surface area contributed by atoms with Gasteiger partial charge in [0.25, 0.3) is 0 Å². The minimum atomic E-state index is 0.0129. The van der Waals surface area contributed by atoms with Crippen LogP contribution in [0.3, 0.4) is 0 Å². The predicted molar refractivity (Wildman–Crippen MR) is 109 cm³/mol. The van der Waals surface area contributed by atoms with Gasteiger partial charge >= 0.3 is 0 Å². The maximum atomic E-state index is 13.0. The molecule has 27 heavy (non-hydrogen) atoms. The fourth-order valence-corrected chi connectivity index (χ4v) is 4.35. The summed E-state index contributed by atoms with van der Waals surface area (Å²) in [6, 6.07) is 9.50. The van der Waals surface area contributed by atoms with E-state index in [0.29, 0.717) is 0 Å². The number of thiophene rings is 1. The monoisotopic (exact) mass is 385 g/mol. The summed E-state index contributed by atoms with van der Waals surface area (Å²) in [5.74, 6) is 1.07. The van der Waals surface area contributed by atoms with Crippen molar-refractivity contribution in [3.05, 3.63) is 51.7 Å². The van der Waals surface area contributed by atoms with Crippen molar-refractivity contribution in [3.63, 3.8) is 0 Å². The normalized spacial score (nSPS) is 17.9. The predicted octanol–water partition coefficient (Wildman–Crippen LogP) is 4.83. The summed E-state index contributed by atoms with van der Waals surface area (Å²) >= 11 is 1.50. The van der Waals surface area contributed by atoms with E-state index in [1.54, 1.807) is 6.92 Å². The highest BCUT2D eigenvalue weighted by atomic mass is 32.1. The molecule has 0 N–H and O–H groups in total. The van der Waals surface area contributed by atoms with Crippen molar-refractivity contribution < 1.29 is 14.3 Å². The average Bonchev–Trinajstić information content (AvgIpc) is 3.10. The lowest BCUT2D eigenvalue weighted by atomic mass is 9.90. The molecule has 1 aromatic carbocycles. The first kappa shape index (κ1) is 19.8. The number of benzene rings is 1. The topological polar surface area (TPSA) is 46.6 Å². The Morgan fingerprint density at radius 2 is 2.11 bits per heavy atom. The summed E-state index contributed by atoms with van der Waals surface area (Å²) in [7, 11) is 0. The molecule has 0 bridgehead atoms. The van der Waals surface area contributed by atoms with Gasteiger partial charge in [-0.1, -0.05) is 12.1 Å². The molecule has 0 radical (unpaired) electrons. The van der Waals surface area contributed by atoms with Crippen LogP contribution in [-0.4, -0.2) is 35.7 Å². The molecule has 0 spiro atoms. The Morgan fingerprint density at radius 3 is 2.81 bits per heavy atom. The fourth-order valence-electron chi connectivity index (χ4n) is 3.55. The molecule has 5 heteroatoms. The summed E-state index contributed by atoms with van der Waals surface area (Å²) in [5, 5.41) is 2.05. The zero-order valence-electron chi connectivity index (χ0n) is 16.2. The van der Waals surface area contributed by atoms with Gasteiger partial charge in [-0.3, -0.25) is 14.5 Å². The second kappa shape index (κ2) is 8.81. The molecular weight excluding hydrogens is 358 g/mol. The fraction of sp³-hybridized carbons (Fsp3) is 0.455. The molecule has 0 aliphatic carbocycles. The number of hydrogen-bond acceptors (Lipinski definition) is 5. The van der Waals surface area contributed by atoms with Gasteiger partial charge in [-0.15, -0.1) is 11.3 Å². The Hall–Kier alpha value is -1.98. The number of hydrogen-bond donors (Lipinski definition) is 0. The molecule has 1 fully saturated rings. The van der Waals surface area contributed by atoms with Crippen molar-refractivity contribution in [1.29, 1.82) is 0 Å². The van der Waals surface area contributed by atoms with Crippen LogP contribution in [0.5, 0.6) is 5.75 Å². The van der Waals surface area contributed by atoms with Crippen molar-refractivity contribution in [2.24, 2.45) is 5.92 Å². The van der Waals surface area contributed by atoms with Crippen LogP contribution in [0.4, 0.5) is 0 Å². The molecule has 1 aromatic heterocycles. The van der Waals surface area contributed by atoms with Crippen LogP contribution in [0.1, 0.15) is 59.2 Å². The van der Waals surface area contributed by atoms with Gasteiger partial charge < -0.3 is 4.74 Å². The van der Waals surface area contributed by atoms with Crippen LogP contribution >= 0.6 is 11.3 Å². The second-order valence-electron chi connectivity index (χ2n) is 7.51. The van der Waals surface area contributed by atoms with E-state index in [-0.39, 0.29) is 23.6 Å². The number of likely N-dealkylation sites (tertiary alicyclic amines) is 1. The second-order valence-corrected chi connectivity index (χ2v) is 8.42.